The molecule has 1 aliphatic rings. The third-order valence-electron chi connectivity index (χ3n) is 3.69. The van der Waals surface area contributed by atoms with Gasteiger partial charge in [-0.15, -0.1) is 0 Å². The summed E-state index contributed by atoms with van der Waals surface area (Å²) in [7, 11) is 0. The maximum atomic E-state index is 4.91. The van der Waals surface area contributed by atoms with Crippen LogP contribution in [0.2, 0.25) is 0 Å². The number of nitrogens with one attached hydrogen (secondary N) is 1. The minimum atomic E-state index is 0.645. The number of hydrogen-bond donors (Lipinski definition) is 1. The fourth-order valence-corrected chi connectivity index (χ4v) is 4.49. The van der Waals surface area contributed by atoms with Gasteiger partial charge in [-0.05, 0) is 54.0 Å². The molecule has 0 unspecified atom stereocenters. The van der Waals surface area contributed by atoms with Gasteiger partial charge in [-0.3, -0.25) is 0 Å². The van der Waals surface area contributed by atoms with Gasteiger partial charge in [0.1, 0.15) is 11.6 Å². The van der Waals surface area contributed by atoms with E-state index in [0.29, 0.717) is 5.92 Å². The topological polar surface area (TPSA) is 37.8 Å². The van der Waals surface area contributed by atoms with Crippen LogP contribution in [0.5, 0.6) is 0 Å². The van der Waals surface area contributed by atoms with E-state index in [-0.39, 0.29) is 0 Å². The van der Waals surface area contributed by atoms with Gasteiger partial charge >= 0.3 is 0 Å². The van der Waals surface area contributed by atoms with E-state index in [0.717, 1.165) is 29.9 Å². The van der Waals surface area contributed by atoms with Gasteiger partial charge in [-0.1, -0.05) is 26.7 Å². The van der Waals surface area contributed by atoms with Crippen LogP contribution in [0.25, 0.3) is 0 Å². The number of anilines is 1. The van der Waals surface area contributed by atoms with Crippen LogP contribution in [0.4, 0.5) is 5.82 Å². The first-order chi connectivity index (χ1) is 10.1. The van der Waals surface area contributed by atoms with Crippen LogP contribution in [0.15, 0.2) is 0 Å². The predicted octanol–water partition coefficient (Wildman–Crippen LogP) is 5.06. The summed E-state index contributed by atoms with van der Waals surface area (Å²) < 4.78 is 1.24. The van der Waals surface area contributed by atoms with Gasteiger partial charge in [0.2, 0.25) is 0 Å². The molecule has 1 aliphatic carbocycles. The zero-order valence-corrected chi connectivity index (χ0v) is 16.3. The van der Waals surface area contributed by atoms with Crippen molar-refractivity contribution in [2.75, 3.05) is 17.6 Å². The molecule has 1 aromatic rings. The summed E-state index contributed by atoms with van der Waals surface area (Å²) in [5.74, 6) is 5.50. The fourth-order valence-electron chi connectivity index (χ4n) is 2.72. The second-order valence-corrected chi connectivity index (χ2v) is 8.22. The molecule has 0 atom stereocenters. The molecule has 3 nitrogen and oxygen atoms in total. The highest BCUT2D eigenvalue weighted by molar-refractivity contribution is 14.1. The monoisotopic (exact) mass is 419 g/mol. The van der Waals surface area contributed by atoms with Gasteiger partial charge < -0.3 is 5.32 Å². The van der Waals surface area contributed by atoms with E-state index in [1.54, 1.807) is 0 Å². The van der Waals surface area contributed by atoms with E-state index < -0.39 is 0 Å². The molecule has 0 aliphatic heterocycles. The minimum Gasteiger partial charge on any atom is -0.369 e. The number of halogens is 1. The van der Waals surface area contributed by atoms with Crippen molar-refractivity contribution in [1.82, 2.24) is 9.97 Å². The van der Waals surface area contributed by atoms with E-state index in [9.17, 15) is 0 Å². The molecule has 1 N–H and O–H groups in total. The number of thioether (sulfide) groups is 1. The standard InChI is InChI=1S/C16H26IN3S/c1-4-18-16-14(17)15(12-7-5-6-8-12)19-13(20-16)10-21-9-11(2)3/h11-12H,4-10H2,1-3H3,(H,18,19,20). The molecule has 0 spiro atoms. The summed E-state index contributed by atoms with van der Waals surface area (Å²) >= 11 is 4.37. The maximum absolute atomic E-state index is 4.91. The molecule has 5 heteroatoms. The van der Waals surface area contributed by atoms with Crippen molar-refractivity contribution in [3.63, 3.8) is 0 Å². The molecule has 21 heavy (non-hydrogen) atoms. The lowest BCUT2D eigenvalue weighted by Crippen LogP contribution is -2.11. The Morgan fingerprint density at radius 3 is 2.62 bits per heavy atom. The van der Waals surface area contributed by atoms with Gasteiger partial charge in [0.05, 0.1) is 15.0 Å². The molecule has 0 saturated heterocycles. The largest absolute Gasteiger partial charge is 0.369 e. The molecule has 1 aromatic heterocycles. The van der Waals surface area contributed by atoms with E-state index in [4.69, 9.17) is 9.97 Å². The first-order valence-electron chi connectivity index (χ1n) is 7.99. The Morgan fingerprint density at radius 2 is 2.00 bits per heavy atom. The van der Waals surface area contributed by atoms with Crippen molar-refractivity contribution >= 4 is 40.2 Å². The quantitative estimate of drug-likeness (QED) is 0.627. The van der Waals surface area contributed by atoms with Crippen LogP contribution in [-0.2, 0) is 5.75 Å². The van der Waals surface area contributed by atoms with Gasteiger partial charge in [0, 0.05) is 12.5 Å². The smallest absolute Gasteiger partial charge is 0.143 e. The molecule has 1 fully saturated rings. The zero-order chi connectivity index (χ0) is 15.2. The van der Waals surface area contributed by atoms with E-state index in [1.165, 1.54) is 40.7 Å². The predicted molar refractivity (Wildman–Crippen MR) is 101 cm³/mol. The molecular weight excluding hydrogens is 393 g/mol. The molecular formula is C16H26IN3S. The Labute approximate surface area is 146 Å². The van der Waals surface area contributed by atoms with Crippen molar-refractivity contribution < 1.29 is 0 Å². The summed E-state index contributed by atoms with van der Waals surface area (Å²) in [6.45, 7) is 7.56. The second kappa shape index (κ2) is 8.56. The van der Waals surface area contributed by atoms with Crippen LogP contribution in [0.1, 0.15) is 63.9 Å². The lowest BCUT2D eigenvalue weighted by Gasteiger charge is -2.16. The van der Waals surface area contributed by atoms with E-state index in [1.807, 2.05) is 11.8 Å². The van der Waals surface area contributed by atoms with Crippen LogP contribution < -0.4 is 5.32 Å². The van der Waals surface area contributed by atoms with E-state index >= 15 is 0 Å². The molecule has 118 valence electrons. The van der Waals surface area contributed by atoms with Crippen molar-refractivity contribution in [1.29, 1.82) is 0 Å². The molecule has 1 heterocycles. The second-order valence-electron chi connectivity index (χ2n) is 6.11. The van der Waals surface area contributed by atoms with Crippen molar-refractivity contribution in [3.05, 3.63) is 15.1 Å². The fraction of sp³-hybridized carbons (Fsp3) is 0.750. The Kier molecular flexibility index (Phi) is 7.05. The number of rotatable bonds is 7. The number of hydrogen-bond acceptors (Lipinski definition) is 4. The molecule has 2 rings (SSSR count). The Morgan fingerprint density at radius 1 is 1.29 bits per heavy atom. The zero-order valence-electron chi connectivity index (χ0n) is 13.3. The highest BCUT2D eigenvalue weighted by atomic mass is 127. The van der Waals surface area contributed by atoms with Gasteiger partial charge in [0.15, 0.2) is 0 Å². The lowest BCUT2D eigenvalue weighted by molar-refractivity contribution is 0.683. The summed E-state index contributed by atoms with van der Waals surface area (Å²) in [5.41, 5.74) is 1.29. The molecule has 0 amide bonds. The number of aromatic nitrogens is 2. The summed E-state index contributed by atoms with van der Waals surface area (Å²) in [6.07, 6.45) is 5.27. The first-order valence-corrected chi connectivity index (χ1v) is 10.2. The molecule has 0 radical (unpaired) electrons. The Hall–Kier alpha value is -0.0400. The number of nitrogens with zero attached hydrogens (tertiary/aromatic N) is 2. The average molecular weight is 419 g/mol. The lowest BCUT2D eigenvalue weighted by atomic mass is 10.0. The SMILES string of the molecule is CCNc1nc(CSCC(C)C)nc(C2CCCC2)c1I. The maximum Gasteiger partial charge on any atom is 0.143 e. The average Bonchev–Trinajstić information content (AvgIpc) is 2.96. The van der Waals surface area contributed by atoms with Crippen LogP contribution in [-0.4, -0.2) is 22.3 Å². The minimum absolute atomic E-state index is 0.645. The Balaban J connectivity index is 2.19. The van der Waals surface area contributed by atoms with Crippen molar-refractivity contribution in [2.45, 2.75) is 58.1 Å². The normalized spacial score (nSPS) is 15.9. The highest BCUT2D eigenvalue weighted by Gasteiger charge is 2.23. The van der Waals surface area contributed by atoms with Crippen LogP contribution in [0.3, 0.4) is 0 Å². The van der Waals surface area contributed by atoms with Crippen LogP contribution in [0, 0.1) is 9.49 Å². The third-order valence-corrected chi connectivity index (χ3v) is 6.12. The summed E-state index contributed by atoms with van der Waals surface area (Å²) in [4.78, 5) is 9.65. The van der Waals surface area contributed by atoms with Gasteiger partial charge in [-0.25, -0.2) is 9.97 Å². The van der Waals surface area contributed by atoms with Crippen molar-refractivity contribution in [2.24, 2.45) is 5.92 Å². The highest BCUT2D eigenvalue weighted by Crippen LogP contribution is 2.37. The molecule has 1 saturated carbocycles. The van der Waals surface area contributed by atoms with Gasteiger partial charge in [0.25, 0.3) is 0 Å². The summed E-state index contributed by atoms with van der Waals surface area (Å²) in [5, 5.41) is 3.41. The summed E-state index contributed by atoms with van der Waals surface area (Å²) in [6, 6.07) is 0. The first kappa shape index (κ1) is 17.3. The van der Waals surface area contributed by atoms with Crippen LogP contribution >= 0.6 is 34.4 Å². The molecule has 0 aromatic carbocycles. The van der Waals surface area contributed by atoms with Crippen molar-refractivity contribution in [3.8, 4) is 0 Å². The van der Waals surface area contributed by atoms with E-state index in [2.05, 4.69) is 48.7 Å². The Bertz CT molecular complexity index is 459. The third kappa shape index (κ3) is 4.98. The molecule has 0 bridgehead atoms. The van der Waals surface area contributed by atoms with Gasteiger partial charge in [-0.2, -0.15) is 11.8 Å².